The van der Waals surface area contributed by atoms with Gasteiger partial charge in [0.2, 0.25) is 0 Å². The number of carbonyl (C=O) groups excluding carboxylic acids is 1. The van der Waals surface area contributed by atoms with E-state index in [9.17, 15) is 4.79 Å². The first-order valence-electron chi connectivity index (χ1n) is 10.0. The summed E-state index contributed by atoms with van der Waals surface area (Å²) in [4.78, 5) is 14.9. The van der Waals surface area contributed by atoms with E-state index >= 15 is 0 Å². The molecule has 2 rings (SSSR count). The lowest BCUT2D eigenvalue weighted by Gasteiger charge is -2.13. The smallest absolute Gasteiger partial charge is 0.143 e. The van der Waals surface area contributed by atoms with Crippen molar-refractivity contribution in [2.75, 3.05) is 0 Å². The highest BCUT2D eigenvalue weighted by Crippen LogP contribution is 2.37. The van der Waals surface area contributed by atoms with Gasteiger partial charge in [0, 0.05) is 16.2 Å². The van der Waals surface area contributed by atoms with Gasteiger partial charge in [0.05, 0.1) is 5.92 Å². The number of thioether (sulfide) groups is 1. The van der Waals surface area contributed by atoms with E-state index in [1.54, 1.807) is 11.8 Å². The molecule has 0 amide bonds. The standard InChI is InChI=1S/C25H32OS/c1-6-8-12-23(26)21-15-14-19(4)24(17-16-21)27-25-13-10-9-11-22(25)20(5)18(3)7-2/h9-11,13-17,21H,6-8,12H2,1-5H3/b20-18+. The van der Waals surface area contributed by atoms with Crippen LogP contribution in [0, 0.1) is 5.92 Å². The van der Waals surface area contributed by atoms with Gasteiger partial charge in [-0.05, 0) is 56.4 Å². The average Bonchev–Trinajstić information content (AvgIpc) is 2.87. The van der Waals surface area contributed by atoms with E-state index in [-0.39, 0.29) is 5.92 Å². The molecule has 0 saturated heterocycles. The molecule has 0 radical (unpaired) electrons. The summed E-state index contributed by atoms with van der Waals surface area (Å²) in [6.07, 6.45) is 12.1. The number of carbonyl (C=O) groups is 1. The predicted octanol–water partition coefficient (Wildman–Crippen LogP) is 7.76. The predicted molar refractivity (Wildman–Crippen MR) is 120 cm³/mol. The Bertz CT molecular complexity index is 792. The van der Waals surface area contributed by atoms with Crippen molar-refractivity contribution in [2.24, 2.45) is 5.92 Å². The van der Waals surface area contributed by atoms with Crippen molar-refractivity contribution >= 4 is 23.1 Å². The lowest BCUT2D eigenvalue weighted by Crippen LogP contribution is -2.08. The van der Waals surface area contributed by atoms with Crippen LogP contribution in [-0.2, 0) is 4.79 Å². The monoisotopic (exact) mass is 380 g/mol. The molecule has 1 aliphatic rings. The summed E-state index contributed by atoms with van der Waals surface area (Å²) in [5.74, 6) is 0.227. The van der Waals surface area contributed by atoms with Gasteiger partial charge in [0.1, 0.15) is 5.78 Å². The summed E-state index contributed by atoms with van der Waals surface area (Å²) < 4.78 is 0. The number of ketones is 1. The van der Waals surface area contributed by atoms with Gasteiger partial charge in [0.25, 0.3) is 0 Å². The van der Waals surface area contributed by atoms with Gasteiger partial charge < -0.3 is 0 Å². The van der Waals surface area contributed by atoms with Crippen LogP contribution in [0.1, 0.15) is 65.9 Å². The van der Waals surface area contributed by atoms with Crippen LogP contribution in [0.2, 0.25) is 0 Å². The highest BCUT2D eigenvalue weighted by molar-refractivity contribution is 8.03. The number of unbranched alkanes of at least 4 members (excludes halogenated alkanes) is 1. The maximum absolute atomic E-state index is 12.4. The molecule has 2 heteroatoms. The second-order valence-electron chi connectivity index (χ2n) is 7.22. The average molecular weight is 381 g/mol. The minimum atomic E-state index is -0.0937. The Hall–Kier alpha value is -1.80. The lowest BCUT2D eigenvalue weighted by atomic mass is 9.99. The Balaban J connectivity index is 2.26. The van der Waals surface area contributed by atoms with Crippen LogP contribution in [-0.4, -0.2) is 5.78 Å². The third-order valence-corrected chi connectivity index (χ3v) is 6.48. The molecule has 0 N–H and O–H groups in total. The second kappa shape index (κ2) is 10.5. The Kier molecular flexibility index (Phi) is 8.37. The van der Waals surface area contributed by atoms with Crippen LogP contribution in [0.25, 0.3) is 5.57 Å². The molecule has 0 fully saturated rings. The largest absolute Gasteiger partial charge is 0.299 e. The number of benzene rings is 1. The third-order valence-electron chi connectivity index (χ3n) is 5.23. The van der Waals surface area contributed by atoms with Crippen molar-refractivity contribution in [2.45, 2.75) is 65.2 Å². The van der Waals surface area contributed by atoms with Crippen molar-refractivity contribution in [3.63, 3.8) is 0 Å². The van der Waals surface area contributed by atoms with Crippen LogP contribution >= 0.6 is 11.8 Å². The van der Waals surface area contributed by atoms with E-state index in [1.807, 2.05) is 0 Å². The topological polar surface area (TPSA) is 17.1 Å². The molecule has 1 aromatic carbocycles. The fraction of sp³-hybridized carbons (Fsp3) is 0.400. The third kappa shape index (κ3) is 5.84. The molecule has 1 aliphatic carbocycles. The first kappa shape index (κ1) is 21.5. The van der Waals surface area contributed by atoms with Crippen LogP contribution in [0.5, 0.6) is 0 Å². The van der Waals surface area contributed by atoms with E-state index in [1.165, 1.54) is 32.1 Å². The number of hydrogen-bond donors (Lipinski definition) is 0. The minimum Gasteiger partial charge on any atom is -0.299 e. The van der Waals surface area contributed by atoms with Crippen LogP contribution in [0.15, 0.2) is 69.5 Å². The maximum Gasteiger partial charge on any atom is 0.143 e. The number of rotatable bonds is 8. The molecule has 0 heterocycles. The molecule has 0 aliphatic heterocycles. The van der Waals surface area contributed by atoms with Gasteiger partial charge in [-0.1, -0.05) is 80.1 Å². The first-order chi connectivity index (χ1) is 13.0. The van der Waals surface area contributed by atoms with Crippen molar-refractivity contribution in [3.8, 4) is 0 Å². The summed E-state index contributed by atoms with van der Waals surface area (Å²) in [6.45, 7) is 10.9. The quantitative estimate of drug-likeness (QED) is 0.458. The highest BCUT2D eigenvalue weighted by Gasteiger charge is 2.15. The Morgan fingerprint density at radius 3 is 2.48 bits per heavy atom. The zero-order chi connectivity index (χ0) is 19.8. The normalized spacial score (nSPS) is 17.7. The summed E-state index contributed by atoms with van der Waals surface area (Å²) in [7, 11) is 0. The zero-order valence-electron chi connectivity index (χ0n) is 17.3. The zero-order valence-corrected chi connectivity index (χ0v) is 18.2. The molecule has 1 unspecified atom stereocenters. The van der Waals surface area contributed by atoms with Gasteiger partial charge in [0.15, 0.2) is 0 Å². The summed E-state index contributed by atoms with van der Waals surface area (Å²) in [5, 5.41) is 0. The molecule has 0 aromatic heterocycles. The fourth-order valence-corrected chi connectivity index (χ4v) is 4.13. The SMILES string of the molecule is CCCCC(=O)C1C=CC(C)=C(Sc2ccccc2/C(C)=C(\C)CC)C=C1. The van der Waals surface area contributed by atoms with Crippen LogP contribution < -0.4 is 0 Å². The van der Waals surface area contributed by atoms with Crippen LogP contribution in [0.3, 0.4) is 0 Å². The van der Waals surface area contributed by atoms with Crippen molar-refractivity contribution < 1.29 is 4.79 Å². The highest BCUT2D eigenvalue weighted by atomic mass is 32.2. The molecular formula is C25H32OS. The van der Waals surface area contributed by atoms with Gasteiger partial charge in [-0.15, -0.1) is 0 Å². The van der Waals surface area contributed by atoms with E-state index in [0.717, 1.165) is 19.3 Å². The van der Waals surface area contributed by atoms with Crippen LogP contribution in [0.4, 0.5) is 0 Å². The van der Waals surface area contributed by atoms with E-state index in [2.05, 4.69) is 83.2 Å². The van der Waals surface area contributed by atoms with Gasteiger partial charge in [-0.2, -0.15) is 0 Å². The lowest BCUT2D eigenvalue weighted by molar-refractivity contribution is -0.120. The molecular weight excluding hydrogens is 348 g/mol. The van der Waals surface area contributed by atoms with Crippen molar-refractivity contribution in [1.82, 2.24) is 0 Å². The number of Topliss-reactive ketones (excluding diaryl/α,β-unsaturated/α-hetero) is 1. The summed E-state index contributed by atoms with van der Waals surface area (Å²) >= 11 is 1.80. The van der Waals surface area contributed by atoms with Gasteiger partial charge in [-0.3, -0.25) is 4.79 Å². The molecule has 1 aromatic rings. The number of allylic oxidation sites excluding steroid dienone is 7. The van der Waals surface area contributed by atoms with E-state index < -0.39 is 0 Å². The van der Waals surface area contributed by atoms with Crippen molar-refractivity contribution in [1.29, 1.82) is 0 Å². The second-order valence-corrected chi connectivity index (χ2v) is 8.30. The molecule has 27 heavy (non-hydrogen) atoms. The fourth-order valence-electron chi connectivity index (χ4n) is 3.04. The minimum absolute atomic E-state index is 0.0937. The maximum atomic E-state index is 12.4. The van der Waals surface area contributed by atoms with Gasteiger partial charge in [-0.25, -0.2) is 0 Å². The molecule has 0 spiro atoms. The number of hydrogen-bond acceptors (Lipinski definition) is 2. The molecule has 1 atom stereocenters. The van der Waals surface area contributed by atoms with E-state index in [0.29, 0.717) is 12.2 Å². The van der Waals surface area contributed by atoms with E-state index in [4.69, 9.17) is 0 Å². The Morgan fingerprint density at radius 1 is 1.07 bits per heavy atom. The molecule has 0 saturated carbocycles. The first-order valence-corrected chi connectivity index (χ1v) is 10.8. The Labute approximate surface area is 169 Å². The molecule has 144 valence electrons. The van der Waals surface area contributed by atoms with Crippen molar-refractivity contribution in [3.05, 3.63) is 70.2 Å². The summed E-state index contributed by atoms with van der Waals surface area (Å²) in [5.41, 5.74) is 5.30. The Morgan fingerprint density at radius 2 is 1.78 bits per heavy atom. The van der Waals surface area contributed by atoms with Gasteiger partial charge >= 0.3 is 0 Å². The molecule has 0 bridgehead atoms. The molecule has 1 nitrogen and oxygen atoms in total. The summed E-state index contributed by atoms with van der Waals surface area (Å²) in [6, 6.07) is 8.61.